The number of pyridine rings is 1. The Morgan fingerprint density at radius 2 is 1.79 bits per heavy atom. The van der Waals surface area contributed by atoms with Crippen LogP contribution in [0.15, 0.2) is 73.1 Å². The smallest absolute Gasteiger partial charge is 0.259 e. The normalized spacial score (nSPS) is 19.2. The summed E-state index contributed by atoms with van der Waals surface area (Å²) >= 11 is 0. The SMILES string of the molecule is O=C(NCc1cccnc1)[C@@H]1c2ccccc2C(=O)N(c2ccccc2F)C12CCCCC2. The largest absolute Gasteiger partial charge is 0.351 e. The van der Waals surface area contributed by atoms with E-state index in [2.05, 4.69) is 10.3 Å². The topological polar surface area (TPSA) is 62.3 Å². The van der Waals surface area contributed by atoms with Crippen molar-refractivity contribution >= 4 is 17.5 Å². The Morgan fingerprint density at radius 1 is 1.03 bits per heavy atom. The monoisotopic (exact) mass is 443 g/mol. The van der Waals surface area contributed by atoms with Gasteiger partial charge in [0, 0.05) is 24.5 Å². The molecule has 1 fully saturated rings. The lowest BCUT2D eigenvalue weighted by molar-refractivity contribution is -0.124. The maximum absolute atomic E-state index is 15.1. The fraction of sp³-hybridized carbons (Fsp3) is 0.296. The lowest BCUT2D eigenvalue weighted by atomic mass is 9.65. The summed E-state index contributed by atoms with van der Waals surface area (Å²) in [7, 11) is 0. The summed E-state index contributed by atoms with van der Waals surface area (Å²) in [6, 6.07) is 17.4. The average Bonchev–Trinajstić information content (AvgIpc) is 2.85. The highest BCUT2D eigenvalue weighted by Crippen LogP contribution is 2.51. The molecule has 1 aliphatic carbocycles. The van der Waals surface area contributed by atoms with Crippen LogP contribution >= 0.6 is 0 Å². The zero-order valence-corrected chi connectivity index (χ0v) is 18.3. The molecule has 1 spiro atoms. The molecule has 5 rings (SSSR count). The van der Waals surface area contributed by atoms with Gasteiger partial charge in [-0.15, -0.1) is 0 Å². The second-order valence-corrected chi connectivity index (χ2v) is 8.86. The molecule has 6 heteroatoms. The predicted octanol–water partition coefficient (Wildman–Crippen LogP) is 4.98. The van der Waals surface area contributed by atoms with Crippen LogP contribution in [-0.4, -0.2) is 22.3 Å². The summed E-state index contributed by atoms with van der Waals surface area (Å²) in [5.41, 5.74) is 1.50. The number of hydrogen-bond acceptors (Lipinski definition) is 3. The molecular formula is C27H26FN3O2. The van der Waals surface area contributed by atoms with Gasteiger partial charge in [-0.05, 0) is 48.2 Å². The standard InChI is InChI=1S/C27H26FN3O2/c28-22-12-4-5-13-23(22)31-26(33)21-11-3-2-10-20(21)24(27(31)14-6-1-7-15-27)25(32)30-18-19-9-8-16-29-17-19/h2-5,8-13,16-17,24H,1,6-7,14-15,18H2,(H,30,32)/t24-/m0/s1. The summed E-state index contributed by atoms with van der Waals surface area (Å²) in [5.74, 6) is -1.44. The molecule has 1 atom stereocenters. The number of anilines is 1. The van der Waals surface area contributed by atoms with Crippen LogP contribution in [0.1, 0.15) is 59.5 Å². The molecule has 1 saturated carbocycles. The van der Waals surface area contributed by atoms with Gasteiger partial charge in [-0.2, -0.15) is 0 Å². The number of hydrogen-bond donors (Lipinski definition) is 1. The molecule has 5 nitrogen and oxygen atoms in total. The third-order valence-corrected chi connectivity index (χ3v) is 6.95. The number of amides is 2. The van der Waals surface area contributed by atoms with Crippen molar-refractivity contribution in [3.8, 4) is 0 Å². The molecule has 0 bridgehead atoms. The van der Waals surface area contributed by atoms with E-state index in [1.54, 1.807) is 47.6 Å². The highest BCUT2D eigenvalue weighted by molar-refractivity contribution is 6.12. The van der Waals surface area contributed by atoms with Crippen LogP contribution in [0, 0.1) is 5.82 Å². The molecule has 3 aromatic rings. The Kier molecular flexibility index (Phi) is 5.67. The second-order valence-electron chi connectivity index (χ2n) is 8.86. The molecular weight excluding hydrogens is 417 g/mol. The molecule has 2 heterocycles. The number of carbonyl (C=O) groups excluding carboxylic acids is 2. The van der Waals surface area contributed by atoms with E-state index < -0.39 is 17.3 Å². The summed E-state index contributed by atoms with van der Waals surface area (Å²) in [5, 5.41) is 3.07. The van der Waals surface area contributed by atoms with Crippen molar-refractivity contribution < 1.29 is 14.0 Å². The molecule has 1 aliphatic heterocycles. The Hall–Kier alpha value is -3.54. The fourth-order valence-corrected chi connectivity index (χ4v) is 5.52. The molecule has 168 valence electrons. The summed E-state index contributed by atoms with van der Waals surface area (Å²) in [4.78, 5) is 33.3. The van der Waals surface area contributed by atoms with Crippen molar-refractivity contribution in [1.82, 2.24) is 10.3 Å². The zero-order valence-electron chi connectivity index (χ0n) is 18.3. The van der Waals surface area contributed by atoms with E-state index in [1.807, 2.05) is 24.3 Å². The van der Waals surface area contributed by atoms with Crippen molar-refractivity contribution in [2.24, 2.45) is 0 Å². The molecule has 33 heavy (non-hydrogen) atoms. The third kappa shape index (κ3) is 3.69. The Balaban J connectivity index is 1.63. The van der Waals surface area contributed by atoms with Crippen molar-refractivity contribution in [1.29, 1.82) is 0 Å². The zero-order chi connectivity index (χ0) is 22.8. The number of benzene rings is 2. The maximum Gasteiger partial charge on any atom is 0.259 e. The van der Waals surface area contributed by atoms with E-state index >= 15 is 4.39 Å². The molecule has 0 radical (unpaired) electrons. The molecule has 1 aromatic heterocycles. The molecule has 1 N–H and O–H groups in total. The minimum atomic E-state index is -0.815. The highest BCUT2D eigenvalue weighted by atomic mass is 19.1. The van der Waals surface area contributed by atoms with Gasteiger partial charge in [0.15, 0.2) is 0 Å². The number of fused-ring (bicyclic) bond motifs is 1. The van der Waals surface area contributed by atoms with Gasteiger partial charge in [0.25, 0.3) is 5.91 Å². The number of halogens is 1. The van der Waals surface area contributed by atoms with Gasteiger partial charge in [-0.3, -0.25) is 19.5 Å². The van der Waals surface area contributed by atoms with Crippen LogP contribution < -0.4 is 10.2 Å². The van der Waals surface area contributed by atoms with Gasteiger partial charge >= 0.3 is 0 Å². The van der Waals surface area contributed by atoms with Crippen LogP contribution in [0.4, 0.5) is 10.1 Å². The van der Waals surface area contributed by atoms with Gasteiger partial charge in [0.05, 0.1) is 17.1 Å². The van der Waals surface area contributed by atoms with E-state index in [0.29, 0.717) is 24.9 Å². The van der Waals surface area contributed by atoms with Gasteiger partial charge in [-0.1, -0.05) is 55.7 Å². The Labute approximate surface area is 192 Å². The fourth-order valence-electron chi connectivity index (χ4n) is 5.52. The minimum Gasteiger partial charge on any atom is -0.351 e. The number of carbonyl (C=O) groups is 2. The van der Waals surface area contributed by atoms with Crippen molar-refractivity contribution in [3.63, 3.8) is 0 Å². The third-order valence-electron chi connectivity index (χ3n) is 6.95. The minimum absolute atomic E-state index is 0.151. The summed E-state index contributed by atoms with van der Waals surface area (Å²) < 4.78 is 15.1. The van der Waals surface area contributed by atoms with Gasteiger partial charge in [-0.25, -0.2) is 4.39 Å². The van der Waals surface area contributed by atoms with Crippen LogP contribution in [0.25, 0.3) is 0 Å². The van der Waals surface area contributed by atoms with E-state index in [9.17, 15) is 9.59 Å². The molecule has 2 aliphatic rings. The molecule has 0 saturated heterocycles. The van der Waals surface area contributed by atoms with Crippen LogP contribution in [0.3, 0.4) is 0 Å². The predicted molar refractivity (Wildman–Crippen MR) is 124 cm³/mol. The number of nitrogens with zero attached hydrogens (tertiary/aromatic N) is 2. The van der Waals surface area contributed by atoms with E-state index in [0.717, 1.165) is 30.4 Å². The summed E-state index contributed by atoms with van der Waals surface area (Å²) in [6.07, 6.45) is 7.50. The molecule has 0 unspecified atom stereocenters. The Morgan fingerprint density at radius 3 is 2.55 bits per heavy atom. The molecule has 2 aromatic carbocycles. The van der Waals surface area contributed by atoms with Crippen molar-refractivity contribution in [3.05, 3.63) is 95.6 Å². The van der Waals surface area contributed by atoms with E-state index in [4.69, 9.17) is 0 Å². The van der Waals surface area contributed by atoms with Gasteiger partial charge < -0.3 is 5.32 Å². The van der Waals surface area contributed by atoms with E-state index in [-0.39, 0.29) is 17.5 Å². The lowest BCUT2D eigenvalue weighted by Crippen LogP contribution is -2.63. The lowest BCUT2D eigenvalue weighted by Gasteiger charge is -2.53. The van der Waals surface area contributed by atoms with Crippen LogP contribution in [-0.2, 0) is 11.3 Å². The average molecular weight is 444 g/mol. The van der Waals surface area contributed by atoms with Crippen LogP contribution in [0.5, 0.6) is 0 Å². The number of rotatable bonds is 4. The van der Waals surface area contributed by atoms with Crippen LogP contribution in [0.2, 0.25) is 0 Å². The first kappa shape index (κ1) is 21.3. The van der Waals surface area contributed by atoms with E-state index in [1.165, 1.54) is 6.07 Å². The van der Waals surface area contributed by atoms with Crippen molar-refractivity contribution in [2.45, 2.75) is 50.1 Å². The van der Waals surface area contributed by atoms with Gasteiger partial charge in [0.2, 0.25) is 5.91 Å². The quantitative estimate of drug-likeness (QED) is 0.618. The number of nitrogens with one attached hydrogen (secondary N) is 1. The highest BCUT2D eigenvalue weighted by Gasteiger charge is 2.55. The summed E-state index contributed by atoms with van der Waals surface area (Å²) in [6.45, 7) is 0.342. The number of para-hydroxylation sites is 1. The Bertz CT molecular complexity index is 1170. The second kappa shape index (κ2) is 8.77. The van der Waals surface area contributed by atoms with Gasteiger partial charge in [0.1, 0.15) is 5.82 Å². The first-order valence-corrected chi connectivity index (χ1v) is 11.5. The first-order chi connectivity index (χ1) is 16.1. The van der Waals surface area contributed by atoms with Crippen molar-refractivity contribution in [2.75, 3.05) is 4.90 Å². The maximum atomic E-state index is 15.1. The number of aromatic nitrogens is 1. The first-order valence-electron chi connectivity index (χ1n) is 11.5. The molecule has 2 amide bonds.